The quantitative estimate of drug-likeness (QED) is 0.451. The molecule has 162 valence electrons. The van der Waals surface area contributed by atoms with E-state index in [9.17, 15) is 21.6 Å². The van der Waals surface area contributed by atoms with Crippen molar-refractivity contribution in [2.24, 2.45) is 10.7 Å². The lowest BCUT2D eigenvalue weighted by Crippen LogP contribution is -2.20. The number of nitrogens with zero attached hydrogens (tertiary/aromatic N) is 1. The Morgan fingerprint density at radius 2 is 1.81 bits per heavy atom. The molecule has 0 saturated carbocycles. The largest absolute Gasteiger partial charge is 0.430 e. The molecule has 1 heterocycles. The van der Waals surface area contributed by atoms with Crippen molar-refractivity contribution in [3.63, 3.8) is 0 Å². The molecule has 1 aromatic heterocycles. The highest BCUT2D eigenvalue weighted by molar-refractivity contribution is 7.90. The second kappa shape index (κ2) is 8.86. The first-order valence-corrected chi connectivity index (χ1v) is 11.9. The van der Waals surface area contributed by atoms with Crippen LogP contribution < -0.4 is 5.73 Å². The zero-order valence-corrected chi connectivity index (χ0v) is 18.4. The van der Waals surface area contributed by atoms with E-state index in [0.29, 0.717) is 21.7 Å². The van der Waals surface area contributed by atoms with Gasteiger partial charge in [-0.25, -0.2) is 13.4 Å². The molecule has 4 nitrogen and oxygen atoms in total. The number of aliphatic imine (C=N–C) groups is 1. The lowest BCUT2D eigenvalue weighted by Gasteiger charge is -2.08. The number of halogens is 4. The van der Waals surface area contributed by atoms with Gasteiger partial charge in [0, 0.05) is 6.26 Å². The van der Waals surface area contributed by atoms with E-state index in [4.69, 9.17) is 17.3 Å². The van der Waals surface area contributed by atoms with Crippen LogP contribution in [0.15, 0.2) is 81.6 Å². The standard InChI is InChI=1S/C21H16ClF3N2O2S2/c1-31(28,29)15-6-4-5-13(9-15)14-10-19(30-12-14)18(11-20(26)21(23,24)25)27-17-8-3-2-7-16(17)22/h2-12H,26H2,1H3/b20-11-,27-18?. The Labute approximate surface area is 186 Å². The van der Waals surface area contributed by atoms with Gasteiger partial charge in [-0.05, 0) is 52.9 Å². The fourth-order valence-electron chi connectivity index (χ4n) is 2.59. The number of rotatable bonds is 5. The average molecular weight is 485 g/mol. The van der Waals surface area contributed by atoms with Gasteiger partial charge >= 0.3 is 6.18 Å². The predicted octanol–water partition coefficient (Wildman–Crippen LogP) is 6.00. The van der Waals surface area contributed by atoms with E-state index in [1.54, 1.807) is 47.8 Å². The first-order valence-electron chi connectivity index (χ1n) is 8.72. The summed E-state index contributed by atoms with van der Waals surface area (Å²) in [5.74, 6) is 0. The van der Waals surface area contributed by atoms with Crippen LogP contribution in [0.4, 0.5) is 18.9 Å². The smallest absolute Gasteiger partial charge is 0.395 e. The van der Waals surface area contributed by atoms with Gasteiger partial charge in [-0.15, -0.1) is 11.3 Å². The summed E-state index contributed by atoms with van der Waals surface area (Å²) >= 11 is 7.26. The second-order valence-corrected chi connectivity index (χ2v) is 9.88. The number of hydrogen-bond acceptors (Lipinski definition) is 5. The molecule has 2 N–H and O–H groups in total. The number of hydrogen-bond donors (Lipinski definition) is 1. The molecule has 0 spiro atoms. The summed E-state index contributed by atoms with van der Waals surface area (Å²) in [6, 6.07) is 14.4. The molecular formula is C21H16ClF3N2O2S2. The van der Waals surface area contributed by atoms with Crippen LogP contribution in [-0.4, -0.2) is 26.6 Å². The molecule has 0 fully saturated rings. The predicted molar refractivity (Wildman–Crippen MR) is 119 cm³/mol. The Kier molecular flexibility index (Phi) is 6.59. The molecule has 0 aliphatic carbocycles. The summed E-state index contributed by atoms with van der Waals surface area (Å²) in [6.07, 6.45) is -2.86. The highest BCUT2D eigenvalue weighted by Gasteiger charge is 2.32. The molecule has 10 heteroatoms. The molecule has 3 rings (SSSR count). The summed E-state index contributed by atoms with van der Waals surface area (Å²) in [5.41, 5.74) is 5.45. The number of thiophene rings is 1. The molecule has 0 bridgehead atoms. The number of nitrogens with two attached hydrogens (primary N) is 1. The molecule has 0 aliphatic heterocycles. The van der Waals surface area contributed by atoms with E-state index in [-0.39, 0.29) is 15.6 Å². The Balaban J connectivity index is 2.10. The molecule has 0 radical (unpaired) electrons. The third-order valence-electron chi connectivity index (χ3n) is 4.16. The van der Waals surface area contributed by atoms with E-state index in [1.807, 2.05) is 0 Å². The lowest BCUT2D eigenvalue weighted by molar-refractivity contribution is -0.0925. The molecule has 2 aromatic carbocycles. The minimum atomic E-state index is -4.72. The number of alkyl halides is 3. The van der Waals surface area contributed by atoms with Crippen LogP contribution in [-0.2, 0) is 9.84 Å². The number of benzene rings is 2. The maximum atomic E-state index is 13.0. The van der Waals surface area contributed by atoms with Crippen LogP contribution in [0.2, 0.25) is 5.02 Å². The van der Waals surface area contributed by atoms with Crippen molar-refractivity contribution in [3.8, 4) is 11.1 Å². The van der Waals surface area contributed by atoms with Gasteiger partial charge in [0.25, 0.3) is 0 Å². The van der Waals surface area contributed by atoms with Crippen LogP contribution >= 0.6 is 22.9 Å². The normalized spacial score (nSPS) is 13.5. The van der Waals surface area contributed by atoms with E-state index in [2.05, 4.69) is 4.99 Å². The number of para-hydroxylation sites is 1. The third-order valence-corrected chi connectivity index (χ3v) is 6.54. The molecule has 31 heavy (non-hydrogen) atoms. The van der Waals surface area contributed by atoms with Crippen molar-refractivity contribution in [3.05, 3.63) is 81.7 Å². The Morgan fingerprint density at radius 3 is 2.45 bits per heavy atom. The van der Waals surface area contributed by atoms with Crippen molar-refractivity contribution < 1.29 is 21.6 Å². The van der Waals surface area contributed by atoms with Crippen LogP contribution in [0.5, 0.6) is 0 Å². The van der Waals surface area contributed by atoms with Gasteiger partial charge in [-0.2, -0.15) is 13.2 Å². The van der Waals surface area contributed by atoms with Crippen molar-refractivity contribution in [1.29, 1.82) is 0 Å². The molecule has 0 amide bonds. The first-order chi connectivity index (χ1) is 14.4. The maximum Gasteiger partial charge on any atom is 0.430 e. The van der Waals surface area contributed by atoms with E-state index < -0.39 is 21.7 Å². The van der Waals surface area contributed by atoms with Crippen LogP contribution in [0.1, 0.15) is 4.88 Å². The Morgan fingerprint density at radius 1 is 1.10 bits per heavy atom. The summed E-state index contributed by atoms with van der Waals surface area (Å²) in [6.45, 7) is 0. The third kappa shape index (κ3) is 5.75. The molecule has 0 atom stereocenters. The SMILES string of the molecule is CS(=O)(=O)c1cccc(-c2csc(C(/C=C(\N)C(F)(F)F)=Nc3ccccc3Cl)c2)c1. The van der Waals surface area contributed by atoms with Gasteiger partial charge in [0.1, 0.15) is 5.70 Å². The fourth-order valence-corrected chi connectivity index (χ4v) is 4.31. The fraction of sp³-hybridized carbons (Fsp3) is 0.0952. The van der Waals surface area contributed by atoms with Crippen LogP contribution in [0, 0.1) is 0 Å². The summed E-state index contributed by atoms with van der Waals surface area (Å²) in [4.78, 5) is 4.84. The minimum absolute atomic E-state index is 0.0153. The summed E-state index contributed by atoms with van der Waals surface area (Å²) in [5, 5.41) is 1.98. The van der Waals surface area contributed by atoms with Crippen molar-refractivity contribution in [1.82, 2.24) is 0 Å². The zero-order valence-electron chi connectivity index (χ0n) is 16.0. The van der Waals surface area contributed by atoms with Crippen LogP contribution in [0.3, 0.4) is 0 Å². The van der Waals surface area contributed by atoms with Gasteiger partial charge in [-0.1, -0.05) is 35.9 Å². The van der Waals surface area contributed by atoms with Crippen LogP contribution in [0.25, 0.3) is 11.1 Å². The molecule has 0 unspecified atom stereocenters. The van der Waals surface area contributed by atoms with Crippen molar-refractivity contribution >= 4 is 44.2 Å². The molecule has 0 aliphatic rings. The lowest BCUT2D eigenvalue weighted by atomic mass is 10.1. The number of sulfone groups is 1. The zero-order chi connectivity index (χ0) is 22.8. The van der Waals surface area contributed by atoms with E-state index in [1.165, 1.54) is 12.1 Å². The van der Waals surface area contributed by atoms with Gasteiger partial charge in [0.2, 0.25) is 0 Å². The average Bonchev–Trinajstić information content (AvgIpc) is 3.18. The first kappa shape index (κ1) is 23.1. The molecule has 3 aromatic rings. The van der Waals surface area contributed by atoms with E-state index in [0.717, 1.165) is 23.7 Å². The van der Waals surface area contributed by atoms with Gasteiger partial charge in [0.15, 0.2) is 9.84 Å². The van der Waals surface area contributed by atoms with Gasteiger partial charge in [-0.3, -0.25) is 0 Å². The Bertz CT molecular complexity index is 1280. The maximum absolute atomic E-state index is 13.0. The van der Waals surface area contributed by atoms with E-state index >= 15 is 0 Å². The Hall–Kier alpha value is -2.62. The minimum Gasteiger partial charge on any atom is -0.395 e. The van der Waals surface area contributed by atoms with Gasteiger partial charge in [0.05, 0.1) is 26.2 Å². The highest BCUT2D eigenvalue weighted by atomic mass is 35.5. The summed E-state index contributed by atoms with van der Waals surface area (Å²) < 4.78 is 62.8. The highest BCUT2D eigenvalue weighted by Crippen LogP contribution is 2.31. The van der Waals surface area contributed by atoms with Crippen molar-refractivity contribution in [2.75, 3.05) is 6.26 Å². The summed E-state index contributed by atoms with van der Waals surface area (Å²) in [7, 11) is -3.41. The topological polar surface area (TPSA) is 72.5 Å². The molecular weight excluding hydrogens is 469 g/mol. The monoisotopic (exact) mass is 484 g/mol. The number of allylic oxidation sites excluding steroid dienone is 2. The second-order valence-electron chi connectivity index (χ2n) is 6.55. The molecule has 0 saturated heterocycles. The van der Waals surface area contributed by atoms with Gasteiger partial charge < -0.3 is 5.73 Å². The van der Waals surface area contributed by atoms with Crippen molar-refractivity contribution in [2.45, 2.75) is 11.1 Å².